The quantitative estimate of drug-likeness (QED) is 0.213. The zero-order chi connectivity index (χ0) is 32.0. The van der Waals surface area contributed by atoms with Crippen LogP contribution >= 0.6 is 11.6 Å². The van der Waals surface area contributed by atoms with Crippen molar-refractivity contribution in [2.45, 2.75) is 83.8 Å². The molecule has 1 aliphatic carbocycles. The molecule has 0 saturated heterocycles. The number of furan rings is 1. The van der Waals surface area contributed by atoms with Crippen LogP contribution in [0.2, 0.25) is 5.02 Å². The van der Waals surface area contributed by atoms with Crippen molar-refractivity contribution in [3.63, 3.8) is 0 Å². The standard InChI is InChI=1S/C34H44ClN3O6/c1-7-21(3)29-24-16-15-22(31(39)37-23-11-9-12-23)19-28(24)44-30(29)32(40)38(17-18-42-5)34(4,8-2)33(41)36-20-25-26(35)13-10-14-27(25)43-6/h10,13-16,19,21,23H,7-9,11-12,17-18,20H2,1-6H3,(H,36,41)(H,37,39). The van der Waals surface area contributed by atoms with E-state index in [1.165, 1.54) is 4.90 Å². The molecule has 2 atom stereocenters. The highest BCUT2D eigenvalue weighted by molar-refractivity contribution is 6.31. The van der Waals surface area contributed by atoms with Gasteiger partial charge in [0.05, 0.1) is 13.7 Å². The maximum Gasteiger partial charge on any atom is 0.290 e. The second-order valence-corrected chi connectivity index (χ2v) is 12.1. The van der Waals surface area contributed by atoms with Gasteiger partial charge < -0.3 is 29.4 Å². The van der Waals surface area contributed by atoms with Crippen LogP contribution in [0.3, 0.4) is 0 Å². The average Bonchev–Trinajstić information content (AvgIpc) is 3.40. The smallest absolute Gasteiger partial charge is 0.290 e. The maximum atomic E-state index is 14.5. The van der Waals surface area contributed by atoms with Crippen molar-refractivity contribution in [1.29, 1.82) is 0 Å². The first-order valence-corrected chi connectivity index (χ1v) is 15.7. The number of nitrogens with one attached hydrogen (secondary N) is 2. The molecule has 2 aromatic carbocycles. The van der Waals surface area contributed by atoms with E-state index in [0.717, 1.165) is 36.6 Å². The number of rotatable bonds is 14. The SMILES string of the molecule is CCC(C)c1c(C(=O)N(CCOC)C(C)(CC)C(=O)NCc2c(Cl)cccc2OC)oc2cc(C(=O)NC3CCC3)ccc12. The third kappa shape index (κ3) is 6.74. The molecular formula is C34H44ClN3O6. The molecule has 238 valence electrons. The van der Waals surface area contributed by atoms with Gasteiger partial charge in [-0.3, -0.25) is 14.4 Å². The molecule has 1 aromatic heterocycles. The summed E-state index contributed by atoms with van der Waals surface area (Å²) >= 11 is 6.42. The zero-order valence-corrected chi connectivity index (χ0v) is 27.3. The Morgan fingerprint density at radius 2 is 1.91 bits per heavy atom. The summed E-state index contributed by atoms with van der Waals surface area (Å²) in [6, 6.07) is 10.8. The van der Waals surface area contributed by atoms with E-state index in [9.17, 15) is 14.4 Å². The molecule has 44 heavy (non-hydrogen) atoms. The fraction of sp³-hybridized carbons (Fsp3) is 0.500. The summed E-state index contributed by atoms with van der Waals surface area (Å²) in [6.45, 7) is 8.20. The van der Waals surface area contributed by atoms with E-state index in [4.69, 9.17) is 25.5 Å². The van der Waals surface area contributed by atoms with E-state index in [1.54, 1.807) is 51.5 Å². The van der Waals surface area contributed by atoms with Gasteiger partial charge in [-0.05, 0) is 69.2 Å². The van der Waals surface area contributed by atoms with E-state index < -0.39 is 11.4 Å². The van der Waals surface area contributed by atoms with Crippen LogP contribution in [0.25, 0.3) is 11.0 Å². The highest BCUT2D eigenvalue weighted by Gasteiger charge is 2.43. The van der Waals surface area contributed by atoms with Gasteiger partial charge in [0.1, 0.15) is 16.9 Å². The van der Waals surface area contributed by atoms with Gasteiger partial charge in [0, 0.05) is 53.3 Å². The lowest BCUT2D eigenvalue weighted by atomic mass is 9.91. The molecular weight excluding hydrogens is 582 g/mol. The predicted molar refractivity (Wildman–Crippen MR) is 171 cm³/mol. The van der Waals surface area contributed by atoms with Gasteiger partial charge in [0.2, 0.25) is 5.91 Å². The lowest BCUT2D eigenvalue weighted by Crippen LogP contribution is -2.59. The van der Waals surface area contributed by atoms with Crippen LogP contribution in [-0.4, -0.2) is 61.6 Å². The van der Waals surface area contributed by atoms with Crippen LogP contribution in [0.15, 0.2) is 40.8 Å². The molecule has 0 spiro atoms. The molecule has 2 unspecified atom stereocenters. The number of benzene rings is 2. The van der Waals surface area contributed by atoms with E-state index in [0.29, 0.717) is 33.9 Å². The minimum absolute atomic E-state index is 0.0106. The van der Waals surface area contributed by atoms with Crippen LogP contribution < -0.4 is 15.4 Å². The van der Waals surface area contributed by atoms with Gasteiger partial charge >= 0.3 is 0 Å². The van der Waals surface area contributed by atoms with Gasteiger partial charge in [-0.15, -0.1) is 0 Å². The number of fused-ring (bicyclic) bond motifs is 1. The summed E-state index contributed by atoms with van der Waals surface area (Å²) in [6.07, 6.45) is 4.19. The van der Waals surface area contributed by atoms with Crippen molar-refractivity contribution in [3.05, 3.63) is 63.9 Å². The second-order valence-electron chi connectivity index (χ2n) is 11.6. The summed E-state index contributed by atoms with van der Waals surface area (Å²) in [5, 5.41) is 7.29. The number of carbonyl (C=O) groups is 3. The third-order valence-corrected chi connectivity index (χ3v) is 9.34. The second kappa shape index (κ2) is 14.5. The summed E-state index contributed by atoms with van der Waals surface area (Å²) in [4.78, 5) is 42.8. The predicted octanol–water partition coefficient (Wildman–Crippen LogP) is 6.46. The third-order valence-electron chi connectivity index (χ3n) is 8.99. The Morgan fingerprint density at radius 3 is 2.52 bits per heavy atom. The molecule has 3 amide bonds. The number of carbonyl (C=O) groups excluding carboxylic acids is 3. The van der Waals surface area contributed by atoms with Crippen molar-refractivity contribution < 1.29 is 28.3 Å². The first-order valence-electron chi connectivity index (χ1n) is 15.4. The lowest BCUT2D eigenvalue weighted by Gasteiger charge is -2.39. The first kappa shape index (κ1) is 33.3. The molecule has 0 bridgehead atoms. The molecule has 9 nitrogen and oxygen atoms in total. The van der Waals surface area contributed by atoms with Crippen LogP contribution in [0, 0.1) is 0 Å². The molecule has 2 N–H and O–H groups in total. The van der Waals surface area contributed by atoms with Crippen molar-refractivity contribution in [2.75, 3.05) is 27.4 Å². The first-order chi connectivity index (χ1) is 21.1. The summed E-state index contributed by atoms with van der Waals surface area (Å²) in [5.74, 6) is -0.195. The maximum absolute atomic E-state index is 14.5. The van der Waals surface area contributed by atoms with Gasteiger partial charge in [0.25, 0.3) is 11.8 Å². The molecule has 10 heteroatoms. The van der Waals surface area contributed by atoms with E-state index in [1.807, 2.05) is 26.8 Å². The zero-order valence-electron chi connectivity index (χ0n) is 26.6. The Hall–Kier alpha value is -3.56. The number of hydrogen-bond acceptors (Lipinski definition) is 6. The molecule has 1 heterocycles. The monoisotopic (exact) mass is 625 g/mol. The van der Waals surface area contributed by atoms with Gasteiger partial charge in [0.15, 0.2) is 5.76 Å². The molecule has 0 radical (unpaired) electrons. The van der Waals surface area contributed by atoms with E-state index >= 15 is 0 Å². The Bertz CT molecular complexity index is 1500. The van der Waals surface area contributed by atoms with Crippen LogP contribution in [0.1, 0.15) is 97.8 Å². The Labute approximate surface area is 264 Å². The molecule has 1 saturated carbocycles. The molecule has 1 aliphatic rings. The fourth-order valence-electron chi connectivity index (χ4n) is 5.54. The Kier molecular flexibility index (Phi) is 11.0. The average molecular weight is 626 g/mol. The number of methoxy groups -OCH3 is 2. The number of nitrogens with zero attached hydrogens (tertiary/aromatic N) is 1. The number of amides is 3. The number of ether oxygens (including phenoxy) is 2. The van der Waals surface area contributed by atoms with E-state index in [-0.39, 0.29) is 49.2 Å². The highest BCUT2D eigenvalue weighted by atomic mass is 35.5. The topological polar surface area (TPSA) is 110 Å². The summed E-state index contributed by atoms with van der Waals surface area (Å²) < 4.78 is 17.1. The van der Waals surface area contributed by atoms with Gasteiger partial charge in [-0.25, -0.2) is 0 Å². The number of hydrogen-bond donors (Lipinski definition) is 2. The lowest BCUT2D eigenvalue weighted by molar-refractivity contribution is -0.132. The molecule has 0 aliphatic heterocycles. The van der Waals surface area contributed by atoms with E-state index in [2.05, 4.69) is 10.6 Å². The van der Waals surface area contributed by atoms with Crippen LogP contribution in [0.4, 0.5) is 0 Å². The Balaban J connectivity index is 1.70. The minimum Gasteiger partial charge on any atom is -0.496 e. The van der Waals surface area contributed by atoms with Crippen molar-refractivity contribution >= 4 is 40.3 Å². The summed E-state index contributed by atoms with van der Waals surface area (Å²) in [5.41, 5.74) is 1.11. The molecule has 4 rings (SSSR count). The molecule has 1 fully saturated rings. The van der Waals surface area contributed by atoms with Gasteiger partial charge in [-0.1, -0.05) is 44.5 Å². The highest BCUT2D eigenvalue weighted by Crippen LogP contribution is 2.36. The normalized spacial score (nSPS) is 15.2. The molecule has 3 aromatic rings. The Morgan fingerprint density at radius 1 is 1.16 bits per heavy atom. The van der Waals surface area contributed by atoms with Crippen molar-refractivity contribution in [3.8, 4) is 5.75 Å². The minimum atomic E-state index is -1.25. The van der Waals surface area contributed by atoms with Crippen molar-refractivity contribution in [1.82, 2.24) is 15.5 Å². The van der Waals surface area contributed by atoms with Crippen molar-refractivity contribution in [2.24, 2.45) is 0 Å². The largest absolute Gasteiger partial charge is 0.496 e. The fourth-order valence-corrected chi connectivity index (χ4v) is 5.78. The van der Waals surface area contributed by atoms with Crippen LogP contribution in [0.5, 0.6) is 5.75 Å². The number of halogens is 1. The van der Waals surface area contributed by atoms with Crippen LogP contribution in [-0.2, 0) is 16.1 Å². The summed E-state index contributed by atoms with van der Waals surface area (Å²) in [7, 11) is 3.10. The van der Waals surface area contributed by atoms with Gasteiger partial charge in [-0.2, -0.15) is 0 Å².